The van der Waals surface area contributed by atoms with Crippen LogP contribution in [0.1, 0.15) is 19.8 Å². The van der Waals surface area contributed by atoms with E-state index < -0.39 is 12.1 Å². The van der Waals surface area contributed by atoms with Crippen LogP contribution in [0.15, 0.2) is 10.1 Å². The van der Waals surface area contributed by atoms with E-state index in [9.17, 15) is 18.0 Å². The van der Waals surface area contributed by atoms with E-state index in [0.717, 1.165) is 24.0 Å². The third kappa shape index (κ3) is 4.97. The van der Waals surface area contributed by atoms with Gasteiger partial charge in [0.25, 0.3) is 0 Å². The maximum Gasteiger partial charge on any atom is 0.471 e. The van der Waals surface area contributed by atoms with Crippen LogP contribution >= 0.6 is 15.9 Å². The molecule has 0 aromatic carbocycles. The number of amides is 1. The fourth-order valence-corrected chi connectivity index (χ4v) is 2.22. The molecule has 7 heteroatoms. The van der Waals surface area contributed by atoms with Crippen molar-refractivity contribution in [3.63, 3.8) is 0 Å². The predicted molar refractivity (Wildman–Crippen MR) is 66.4 cm³/mol. The van der Waals surface area contributed by atoms with Gasteiger partial charge in [0.2, 0.25) is 0 Å². The summed E-state index contributed by atoms with van der Waals surface area (Å²) in [7, 11) is 0. The molecule has 0 radical (unpaired) electrons. The molecule has 0 aromatic rings. The molecule has 1 heterocycles. The summed E-state index contributed by atoms with van der Waals surface area (Å²) in [5, 5.41) is 1.87. The van der Waals surface area contributed by atoms with Gasteiger partial charge >= 0.3 is 12.1 Å². The van der Waals surface area contributed by atoms with Gasteiger partial charge in [0.15, 0.2) is 0 Å². The number of nitrogens with zero attached hydrogens (tertiary/aromatic N) is 1. The molecule has 0 aliphatic carbocycles. The van der Waals surface area contributed by atoms with Crippen LogP contribution in [0.4, 0.5) is 13.2 Å². The molecular formula is C11H16BrF3N2O. The summed E-state index contributed by atoms with van der Waals surface area (Å²) in [6.07, 6.45) is -3.30. The van der Waals surface area contributed by atoms with Crippen LogP contribution in [-0.2, 0) is 4.79 Å². The molecule has 0 spiro atoms. The Morgan fingerprint density at radius 3 is 2.72 bits per heavy atom. The Kier molecular flexibility index (Phi) is 5.65. The zero-order valence-electron chi connectivity index (χ0n) is 10.1. The number of hydrogen-bond acceptors (Lipinski definition) is 2. The first-order valence-corrected chi connectivity index (χ1v) is 6.51. The molecule has 3 nitrogen and oxygen atoms in total. The molecule has 1 aliphatic rings. The summed E-state index contributed by atoms with van der Waals surface area (Å²) in [4.78, 5) is 12.7. The normalized spacial score (nSPS) is 18.1. The number of carbonyl (C=O) groups excluding carboxylic acids is 1. The topological polar surface area (TPSA) is 32.3 Å². The Morgan fingerprint density at radius 2 is 2.17 bits per heavy atom. The van der Waals surface area contributed by atoms with E-state index in [1.165, 1.54) is 5.57 Å². The first-order valence-electron chi connectivity index (χ1n) is 5.72. The van der Waals surface area contributed by atoms with Crippen molar-refractivity contribution in [1.82, 2.24) is 10.2 Å². The summed E-state index contributed by atoms with van der Waals surface area (Å²) >= 11 is 3.47. The fraction of sp³-hybridized carbons (Fsp3) is 0.727. The van der Waals surface area contributed by atoms with E-state index in [-0.39, 0.29) is 6.54 Å². The van der Waals surface area contributed by atoms with Gasteiger partial charge in [-0.25, -0.2) is 0 Å². The van der Waals surface area contributed by atoms with Crippen LogP contribution < -0.4 is 5.32 Å². The SMILES string of the molecule is CC1=C(Br)CN(CCCNC(=O)C(F)(F)F)CC1. The summed E-state index contributed by atoms with van der Waals surface area (Å²) in [5.41, 5.74) is 1.32. The van der Waals surface area contributed by atoms with Crippen molar-refractivity contribution < 1.29 is 18.0 Å². The lowest BCUT2D eigenvalue weighted by Gasteiger charge is -2.27. The fourth-order valence-electron chi connectivity index (χ4n) is 1.67. The summed E-state index contributed by atoms with van der Waals surface area (Å²) in [6, 6.07) is 0. The second-order valence-corrected chi connectivity index (χ2v) is 5.28. The van der Waals surface area contributed by atoms with Crippen LogP contribution in [0, 0.1) is 0 Å². The molecule has 18 heavy (non-hydrogen) atoms. The Balaban J connectivity index is 2.18. The van der Waals surface area contributed by atoms with E-state index in [2.05, 4.69) is 27.8 Å². The van der Waals surface area contributed by atoms with Crippen molar-refractivity contribution in [1.29, 1.82) is 0 Å². The number of halogens is 4. The molecule has 0 atom stereocenters. The lowest BCUT2D eigenvalue weighted by molar-refractivity contribution is -0.173. The standard InChI is InChI=1S/C11H16BrF3N2O/c1-8-3-6-17(7-9(8)12)5-2-4-16-10(18)11(13,14)15/h2-7H2,1H3,(H,16,18). The molecular weight excluding hydrogens is 313 g/mol. The second kappa shape index (κ2) is 6.56. The number of rotatable bonds is 4. The third-order valence-electron chi connectivity index (χ3n) is 2.82. The van der Waals surface area contributed by atoms with E-state index in [4.69, 9.17) is 0 Å². The van der Waals surface area contributed by atoms with E-state index in [0.29, 0.717) is 13.0 Å². The van der Waals surface area contributed by atoms with Gasteiger partial charge in [-0.05, 0) is 19.8 Å². The molecule has 1 amide bonds. The van der Waals surface area contributed by atoms with Crippen molar-refractivity contribution in [3.8, 4) is 0 Å². The number of nitrogens with one attached hydrogen (secondary N) is 1. The molecule has 0 unspecified atom stereocenters. The van der Waals surface area contributed by atoms with Crippen molar-refractivity contribution >= 4 is 21.8 Å². The largest absolute Gasteiger partial charge is 0.471 e. The number of hydrogen-bond donors (Lipinski definition) is 1. The Hall–Kier alpha value is -0.560. The third-order valence-corrected chi connectivity index (χ3v) is 3.75. The first kappa shape index (κ1) is 15.5. The highest BCUT2D eigenvalue weighted by molar-refractivity contribution is 9.11. The van der Waals surface area contributed by atoms with E-state index in [1.807, 2.05) is 5.32 Å². The van der Waals surface area contributed by atoms with Crippen molar-refractivity contribution in [2.75, 3.05) is 26.2 Å². The van der Waals surface area contributed by atoms with E-state index >= 15 is 0 Å². The van der Waals surface area contributed by atoms with Gasteiger partial charge in [0, 0.05) is 30.7 Å². The van der Waals surface area contributed by atoms with Gasteiger partial charge in [-0.2, -0.15) is 13.2 Å². The number of carbonyl (C=O) groups is 1. The van der Waals surface area contributed by atoms with E-state index in [1.54, 1.807) is 0 Å². The second-order valence-electron chi connectivity index (χ2n) is 4.32. The molecule has 104 valence electrons. The van der Waals surface area contributed by atoms with Gasteiger partial charge in [0.05, 0.1) is 0 Å². The highest BCUT2D eigenvalue weighted by Crippen LogP contribution is 2.21. The maximum atomic E-state index is 11.9. The highest BCUT2D eigenvalue weighted by atomic mass is 79.9. The average molecular weight is 329 g/mol. The first-order chi connectivity index (χ1) is 8.30. The van der Waals surface area contributed by atoms with Crippen LogP contribution in [-0.4, -0.2) is 43.2 Å². The molecule has 1 N–H and O–H groups in total. The summed E-state index contributed by atoms with van der Waals surface area (Å²) < 4.78 is 36.8. The molecule has 0 saturated carbocycles. The molecule has 0 fully saturated rings. The summed E-state index contributed by atoms with van der Waals surface area (Å²) in [5.74, 6) is -1.86. The lowest BCUT2D eigenvalue weighted by atomic mass is 10.1. The van der Waals surface area contributed by atoms with Crippen LogP contribution in [0.2, 0.25) is 0 Å². The van der Waals surface area contributed by atoms with Crippen LogP contribution in [0.5, 0.6) is 0 Å². The number of alkyl halides is 3. The van der Waals surface area contributed by atoms with Crippen molar-refractivity contribution in [2.24, 2.45) is 0 Å². The van der Waals surface area contributed by atoms with Gasteiger partial charge in [-0.15, -0.1) is 0 Å². The Labute approximate surface area is 113 Å². The summed E-state index contributed by atoms with van der Waals surface area (Å²) in [6.45, 7) is 4.49. The van der Waals surface area contributed by atoms with Gasteiger partial charge in [0.1, 0.15) is 0 Å². The average Bonchev–Trinajstić information content (AvgIpc) is 2.27. The van der Waals surface area contributed by atoms with Gasteiger partial charge in [-0.1, -0.05) is 21.5 Å². The Morgan fingerprint density at radius 1 is 1.50 bits per heavy atom. The minimum atomic E-state index is -4.78. The monoisotopic (exact) mass is 328 g/mol. The molecule has 1 rings (SSSR count). The minimum Gasteiger partial charge on any atom is -0.348 e. The van der Waals surface area contributed by atoms with Crippen LogP contribution in [0.25, 0.3) is 0 Å². The molecule has 1 aliphatic heterocycles. The molecule has 0 aromatic heterocycles. The van der Waals surface area contributed by atoms with Gasteiger partial charge in [-0.3, -0.25) is 9.69 Å². The lowest BCUT2D eigenvalue weighted by Crippen LogP contribution is -2.39. The molecule has 0 saturated heterocycles. The quantitative estimate of drug-likeness (QED) is 0.804. The van der Waals surface area contributed by atoms with Gasteiger partial charge < -0.3 is 5.32 Å². The molecule has 0 bridgehead atoms. The van der Waals surface area contributed by atoms with Crippen LogP contribution in [0.3, 0.4) is 0 Å². The Bertz CT molecular complexity index is 342. The van der Waals surface area contributed by atoms with Crippen molar-refractivity contribution in [3.05, 3.63) is 10.1 Å². The zero-order valence-corrected chi connectivity index (χ0v) is 11.7. The minimum absolute atomic E-state index is 0.0508. The maximum absolute atomic E-state index is 11.9. The smallest absolute Gasteiger partial charge is 0.348 e. The zero-order chi connectivity index (χ0) is 13.8. The highest BCUT2D eigenvalue weighted by Gasteiger charge is 2.38. The van der Waals surface area contributed by atoms with Crippen molar-refractivity contribution in [2.45, 2.75) is 25.9 Å². The predicted octanol–water partition coefficient (Wildman–Crippen LogP) is 2.43.